The highest BCUT2D eigenvalue weighted by atomic mass is 16.5. The van der Waals surface area contributed by atoms with Crippen LogP contribution in [0.25, 0.3) is 0 Å². The number of carbonyl (C=O) groups excluding carboxylic acids is 1. The minimum atomic E-state index is -0.671. The SMILES string of the molecule is CCC(CC)C(=O)O.CCCC(=O)OCC. The van der Waals surface area contributed by atoms with Crippen molar-refractivity contribution in [2.45, 2.75) is 53.4 Å². The summed E-state index contributed by atoms with van der Waals surface area (Å²) in [6.07, 6.45) is 2.91. The molecule has 96 valence electrons. The first kappa shape index (κ1) is 17.3. The zero-order chi connectivity index (χ0) is 13.0. The molecule has 0 aromatic rings. The molecule has 0 aliphatic rings. The maximum atomic E-state index is 10.4. The highest BCUT2D eigenvalue weighted by Gasteiger charge is 2.10. The van der Waals surface area contributed by atoms with Gasteiger partial charge in [-0.25, -0.2) is 0 Å². The highest BCUT2D eigenvalue weighted by Crippen LogP contribution is 2.05. The summed E-state index contributed by atoms with van der Waals surface area (Å²) in [6, 6.07) is 0. The zero-order valence-electron chi connectivity index (χ0n) is 10.8. The van der Waals surface area contributed by atoms with Gasteiger partial charge in [0.15, 0.2) is 0 Å². The summed E-state index contributed by atoms with van der Waals surface area (Å²) in [5, 5.41) is 8.37. The van der Waals surface area contributed by atoms with Crippen LogP contribution in [0.3, 0.4) is 0 Å². The molecule has 0 aliphatic carbocycles. The molecule has 0 amide bonds. The Morgan fingerprint density at radius 2 is 1.62 bits per heavy atom. The summed E-state index contributed by atoms with van der Waals surface area (Å²) < 4.78 is 4.64. The maximum Gasteiger partial charge on any atom is 0.306 e. The Balaban J connectivity index is 0. The quantitative estimate of drug-likeness (QED) is 0.715. The van der Waals surface area contributed by atoms with Crippen molar-refractivity contribution in [3.8, 4) is 0 Å². The molecule has 0 aromatic heterocycles. The largest absolute Gasteiger partial charge is 0.481 e. The van der Waals surface area contributed by atoms with Crippen molar-refractivity contribution >= 4 is 11.9 Å². The Labute approximate surface area is 98.0 Å². The molecule has 0 aromatic carbocycles. The van der Waals surface area contributed by atoms with E-state index in [2.05, 4.69) is 4.74 Å². The van der Waals surface area contributed by atoms with Gasteiger partial charge in [-0.1, -0.05) is 20.8 Å². The molecule has 0 heterocycles. The van der Waals surface area contributed by atoms with Crippen LogP contribution in [-0.2, 0) is 14.3 Å². The fraction of sp³-hybridized carbons (Fsp3) is 0.833. The first-order valence-corrected chi connectivity index (χ1v) is 5.91. The molecule has 0 saturated heterocycles. The Hall–Kier alpha value is -1.06. The molecule has 4 nitrogen and oxygen atoms in total. The van der Waals surface area contributed by atoms with Gasteiger partial charge in [0.1, 0.15) is 0 Å². The summed E-state index contributed by atoms with van der Waals surface area (Å²) in [5.74, 6) is -0.889. The summed E-state index contributed by atoms with van der Waals surface area (Å²) in [7, 11) is 0. The van der Waals surface area contributed by atoms with Gasteiger partial charge in [0.2, 0.25) is 0 Å². The Morgan fingerprint density at radius 1 is 1.12 bits per heavy atom. The lowest BCUT2D eigenvalue weighted by Gasteiger charge is -2.02. The van der Waals surface area contributed by atoms with Gasteiger partial charge in [-0.2, -0.15) is 0 Å². The van der Waals surface area contributed by atoms with Crippen molar-refractivity contribution in [1.29, 1.82) is 0 Å². The number of rotatable bonds is 6. The molecule has 4 heteroatoms. The standard InChI is InChI=1S/2C6H12O2/c1-3-5-6(7)8-4-2;1-3-5(4-2)6(7)8/h3-5H2,1-2H3;5H,3-4H2,1-2H3,(H,7,8). The summed E-state index contributed by atoms with van der Waals surface area (Å²) in [5.41, 5.74) is 0. The predicted octanol–water partition coefficient (Wildman–Crippen LogP) is 2.86. The van der Waals surface area contributed by atoms with Crippen LogP contribution in [0.15, 0.2) is 0 Å². The van der Waals surface area contributed by atoms with Crippen molar-refractivity contribution in [3.63, 3.8) is 0 Å². The average molecular weight is 232 g/mol. The lowest BCUT2D eigenvalue weighted by Crippen LogP contribution is -2.10. The second-order valence-electron chi connectivity index (χ2n) is 3.41. The number of hydrogen-bond donors (Lipinski definition) is 1. The molecule has 0 spiro atoms. The van der Waals surface area contributed by atoms with Crippen LogP contribution in [0.1, 0.15) is 53.4 Å². The number of carboxylic acids is 1. The lowest BCUT2D eigenvalue weighted by atomic mass is 10.1. The van der Waals surface area contributed by atoms with Gasteiger partial charge in [-0.3, -0.25) is 9.59 Å². The summed E-state index contributed by atoms with van der Waals surface area (Å²) >= 11 is 0. The smallest absolute Gasteiger partial charge is 0.306 e. The number of esters is 1. The van der Waals surface area contributed by atoms with E-state index in [4.69, 9.17) is 5.11 Å². The Morgan fingerprint density at radius 3 is 1.81 bits per heavy atom. The third-order valence-electron chi connectivity index (χ3n) is 2.09. The van der Waals surface area contributed by atoms with Crippen molar-refractivity contribution in [2.75, 3.05) is 6.61 Å². The van der Waals surface area contributed by atoms with Gasteiger partial charge >= 0.3 is 11.9 Å². The van der Waals surface area contributed by atoms with Gasteiger partial charge < -0.3 is 9.84 Å². The maximum absolute atomic E-state index is 10.4. The highest BCUT2D eigenvalue weighted by molar-refractivity contribution is 5.69. The molecular formula is C12H24O4. The van der Waals surface area contributed by atoms with Crippen molar-refractivity contribution in [3.05, 3.63) is 0 Å². The van der Waals surface area contributed by atoms with Gasteiger partial charge in [-0.15, -0.1) is 0 Å². The van der Waals surface area contributed by atoms with Crippen LogP contribution < -0.4 is 0 Å². The van der Waals surface area contributed by atoms with E-state index in [1.54, 1.807) is 0 Å². The number of hydrogen-bond acceptors (Lipinski definition) is 3. The minimum Gasteiger partial charge on any atom is -0.481 e. The summed E-state index contributed by atoms with van der Waals surface area (Å²) in [4.78, 5) is 20.6. The van der Waals surface area contributed by atoms with Crippen molar-refractivity contribution < 1.29 is 19.4 Å². The molecule has 0 fully saturated rings. The molecule has 0 saturated carbocycles. The third-order valence-corrected chi connectivity index (χ3v) is 2.09. The number of aliphatic carboxylic acids is 1. The van der Waals surface area contributed by atoms with Crippen molar-refractivity contribution in [1.82, 2.24) is 0 Å². The topological polar surface area (TPSA) is 63.6 Å². The van der Waals surface area contributed by atoms with E-state index in [9.17, 15) is 9.59 Å². The van der Waals surface area contributed by atoms with Gasteiger partial charge in [0.25, 0.3) is 0 Å². The van der Waals surface area contributed by atoms with Crippen LogP contribution in [0.5, 0.6) is 0 Å². The lowest BCUT2D eigenvalue weighted by molar-refractivity contribution is -0.143. The van der Waals surface area contributed by atoms with Crippen molar-refractivity contribution in [2.24, 2.45) is 5.92 Å². The Kier molecular flexibility index (Phi) is 13.0. The molecule has 0 radical (unpaired) electrons. The number of carboxylic acid groups (broad SMARTS) is 1. The molecular weight excluding hydrogens is 208 g/mol. The summed E-state index contributed by atoms with van der Waals surface area (Å²) in [6.45, 7) is 8.05. The van der Waals surface area contributed by atoms with Gasteiger partial charge in [0, 0.05) is 6.42 Å². The first-order valence-electron chi connectivity index (χ1n) is 5.91. The van der Waals surface area contributed by atoms with Crippen LogP contribution in [-0.4, -0.2) is 23.7 Å². The second kappa shape index (κ2) is 12.0. The Bertz CT molecular complexity index is 175. The minimum absolute atomic E-state index is 0.0880. The number of carbonyl (C=O) groups is 2. The molecule has 1 N–H and O–H groups in total. The average Bonchev–Trinajstić information content (AvgIpc) is 2.20. The van der Waals surface area contributed by atoms with Crippen LogP contribution in [0.2, 0.25) is 0 Å². The van der Waals surface area contributed by atoms with E-state index in [0.717, 1.165) is 19.3 Å². The van der Waals surface area contributed by atoms with Crippen LogP contribution in [0.4, 0.5) is 0 Å². The normalized spacial score (nSPS) is 9.31. The van der Waals surface area contributed by atoms with E-state index < -0.39 is 5.97 Å². The van der Waals surface area contributed by atoms with Gasteiger partial charge in [0.05, 0.1) is 12.5 Å². The zero-order valence-corrected chi connectivity index (χ0v) is 10.8. The van der Waals surface area contributed by atoms with E-state index in [0.29, 0.717) is 13.0 Å². The monoisotopic (exact) mass is 232 g/mol. The van der Waals surface area contributed by atoms with Crippen LogP contribution >= 0.6 is 0 Å². The van der Waals surface area contributed by atoms with Gasteiger partial charge in [-0.05, 0) is 26.2 Å². The fourth-order valence-corrected chi connectivity index (χ4v) is 1.08. The molecule has 0 aliphatic heterocycles. The predicted molar refractivity (Wildman–Crippen MR) is 63.2 cm³/mol. The van der Waals surface area contributed by atoms with Crippen LogP contribution in [0, 0.1) is 5.92 Å². The molecule has 16 heavy (non-hydrogen) atoms. The molecule has 0 unspecified atom stereocenters. The van der Waals surface area contributed by atoms with E-state index in [1.165, 1.54) is 0 Å². The number of ether oxygens (including phenoxy) is 1. The van der Waals surface area contributed by atoms with E-state index in [-0.39, 0.29) is 11.9 Å². The first-order chi connectivity index (χ1) is 7.53. The molecule has 0 rings (SSSR count). The molecule has 0 bridgehead atoms. The molecule has 0 atom stereocenters. The van der Waals surface area contributed by atoms with E-state index >= 15 is 0 Å². The van der Waals surface area contributed by atoms with E-state index in [1.807, 2.05) is 27.7 Å². The second-order valence-corrected chi connectivity index (χ2v) is 3.41. The fourth-order valence-electron chi connectivity index (χ4n) is 1.08. The third kappa shape index (κ3) is 11.0.